The molecule has 0 aliphatic heterocycles. The lowest BCUT2D eigenvalue weighted by molar-refractivity contribution is 1.10. The Kier molecular flexibility index (Phi) is 3.74. The van der Waals surface area contributed by atoms with Gasteiger partial charge in [-0.1, -0.05) is 30.3 Å². The monoisotopic (exact) mass is 261 g/mol. The fraction of sp³-hybridized carbons (Fsp3) is 0.0833. The van der Waals surface area contributed by atoms with Crippen LogP contribution in [-0.2, 0) is 6.54 Å². The highest BCUT2D eigenvalue weighted by atomic mass is 35.5. The molecule has 0 radical (unpaired) electrons. The van der Waals surface area contributed by atoms with E-state index >= 15 is 0 Å². The van der Waals surface area contributed by atoms with Gasteiger partial charge in [0.25, 0.3) is 0 Å². The van der Waals surface area contributed by atoms with Crippen LogP contribution in [0.5, 0.6) is 0 Å². The van der Waals surface area contributed by atoms with Crippen molar-refractivity contribution in [3.05, 3.63) is 48.5 Å². The minimum absolute atomic E-state index is 0. The van der Waals surface area contributed by atoms with Crippen molar-refractivity contribution < 1.29 is 0 Å². The normalized spacial score (nSPS) is 10.0. The van der Waals surface area contributed by atoms with Gasteiger partial charge in [0.2, 0.25) is 0 Å². The van der Waals surface area contributed by atoms with E-state index in [2.05, 4.69) is 37.4 Å². The van der Waals surface area contributed by atoms with Gasteiger partial charge in [0.05, 0.1) is 6.33 Å². The Labute approximate surface area is 110 Å². The molecule has 0 amide bonds. The van der Waals surface area contributed by atoms with Crippen molar-refractivity contribution in [2.75, 3.05) is 5.32 Å². The average Bonchev–Trinajstić information content (AvgIpc) is 2.86. The largest absolute Gasteiger partial charge is 0.364 e. The van der Waals surface area contributed by atoms with Crippen molar-refractivity contribution in [2.45, 2.75) is 6.54 Å². The number of fused-ring (bicyclic) bond motifs is 1. The number of halogens is 1. The van der Waals surface area contributed by atoms with Crippen LogP contribution < -0.4 is 5.32 Å². The quantitative estimate of drug-likeness (QED) is 0.760. The number of rotatable bonds is 3. The molecular formula is C12H12ClN5. The zero-order valence-electron chi connectivity index (χ0n) is 9.50. The second-order valence-corrected chi connectivity index (χ2v) is 3.66. The first-order chi connectivity index (χ1) is 8.43. The summed E-state index contributed by atoms with van der Waals surface area (Å²) in [4.78, 5) is 15.4. The van der Waals surface area contributed by atoms with Crippen LogP contribution in [0, 0.1) is 0 Å². The number of anilines is 1. The summed E-state index contributed by atoms with van der Waals surface area (Å²) in [5.74, 6) is 0.774. The number of hydrogen-bond donors (Lipinski definition) is 2. The molecule has 2 heterocycles. The van der Waals surface area contributed by atoms with Crippen LogP contribution in [0.4, 0.5) is 5.82 Å². The molecule has 0 fully saturated rings. The van der Waals surface area contributed by atoms with Crippen LogP contribution in [0.15, 0.2) is 43.0 Å². The van der Waals surface area contributed by atoms with E-state index in [0.717, 1.165) is 17.9 Å². The standard InChI is InChI=1S/C12H11N5.ClH/c1-2-4-9(5-3-1)6-13-11-10-12(15-7-14-10)17-8-16-11;/h1-5,7-8H,6H2,(H2,13,14,15,16,17);1H. The number of hydrogen-bond acceptors (Lipinski definition) is 4. The van der Waals surface area contributed by atoms with Gasteiger partial charge in [-0.3, -0.25) is 0 Å². The number of imidazole rings is 1. The summed E-state index contributed by atoms with van der Waals surface area (Å²) in [7, 11) is 0. The molecule has 2 N–H and O–H groups in total. The number of nitrogens with zero attached hydrogens (tertiary/aromatic N) is 3. The predicted molar refractivity (Wildman–Crippen MR) is 72.7 cm³/mol. The molecule has 5 nitrogen and oxygen atoms in total. The summed E-state index contributed by atoms with van der Waals surface area (Å²) in [5.41, 5.74) is 2.72. The van der Waals surface area contributed by atoms with Gasteiger partial charge in [0.15, 0.2) is 11.5 Å². The first-order valence-electron chi connectivity index (χ1n) is 5.35. The Morgan fingerprint density at radius 3 is 2.72 bits per heavy atom. The fourth-order valence-electron chi connectivity index (χ4n) is 1.68. The van der Waals surface area contributed by atoms with Crippen LogP contribution in [0.1, 0.15) is 5.56 Å². The summed E-state index contributed by atoms with van der Waals surface area (Å²) in [6.45, 7) is 0.728. The molecule has 0 bridgehead atoms. The van der Waals surface area contributed by atoms with Crippen molar-refractivity contribution >= 4 is 29.4 Å². The lowest BCUT2D eigenvalue weighted by atomic mass is 10.2. The van der Waals surface area contributed by atoms with Crippen LogP contribution in [0.2, 0.25) is 0 Å². The molecule has 0 spiro atoms. The molecule has 1 aromatic carbocycles. The van der Waals surface area contributed by atoms with Gasteiger partial charge in [0.1, 0.15) is 11.8 Å². The number of benzene rings is 1. The van der Waals surface area contributed by atoms with Crippen LogP contribution in [-0.4, -0.2) is 19.9 Å². The lowest BCUT2D eigenvalue weighted by Crippen LogP contribution is -2.02. The second kappa shape index (κ2) is 5.46. The van der Waals surface area contributed by atoms with Crippen molar-refractivity contribution in [3.63, 3.8) is 0 Å². The topological polar surface area (TPSA) is 66.5 Å². The minimum atomic E-state index is 0. The maximum atomic E-state index is 4.20. The summed E-state index contributed by atoms with van der Waals surface area (Å²) in [6.07, 6.45) is 3.13. The molecule has 18 heavy (non-hydrogen) atoms. The number of H-pyrrole nitrogens is 1. The highest BCUT2D eigenvalue weighted by molar-refractivity contribution is 5.85. The molecule has 0 saturated carbocycles. The highest BCUT2D eigenvalue weighted by Gasteiger charge is 2.04. The Bertz CT molecular complexity index is 622. The smallest absolute Gasteiger partial charge is 0.182 e. The Morgan fingerprint density at radius 2 is 1.89 bits per heavy atom. The van der Waals surface area contributed by atoms with Crippen LogP contribution in [0.25, 0.3) is 11.2 Å². The van der Waals surface area contributed by atoms with E-state index in [4.69, 9.17) is 0 Å². The molecule has 6 heteroatoms. The van der Waals surface area contributed by atoms with Gasteiger partial charge in [-0.05, 0) is 5.56 Å². The zero-order valence-corrected chi connectivity index (χ0v) is 10.3. The first-order valence-corrected chi connectivity index (χ1v) is 5.35. The summed E-state index contributed by atoms with van der Waals surface area (Å²) >= 11 is 0. The van der Waals surface area contributed by atoms with E-state index < -0.39 is 0 Å². The SMILES string of the molecule is Cl.c1ccc(CNc2ncnc3nc[nH]c23)cc1. The van der Waals surface area contributed by atoms with Crippen molar-refractivity contribution in [3.8, 4) is 0 Å². The van der Waals surface area contributed by atoms with Crippen molar-refractivity contribution in [2.24, 2.45) is 0 Å². The van der Waals surface area contributed by atoms with Gasteiger partial charge >= 0.3 is 0 Å². The second-order valence-electron chi connectivity index (χ2n) is 3.66. The first kappa shape index (κ1) is 12.3. The molecule has 0 aliphatic rings. The predicted octanol–water partition coefficient (Wildman–Crippen LogP) is 2.39. The Morgan fingerprint density at radius 1 is 1.06 bits per heavy atom. The minimum Gasteiger partial charge on any atom is -0.364 e. The van der Waals surface area contributed by atoms with E-state index in [0.29, 0.717) is 5.65 Å². The average molecular weight is 262 g/mol. The fourth-order valence-corrected chi connectivity index (χ4v) is 1.68. The van der Waals surface area contributed by atoms with Crippen LogP contribution in [0.3, 0.4) is 0 Å². The molecule has 0 unspecified atom stereocenters. The molecule has 92 valence electrons. The molecule has 3 aromatic rings. The Balaban J connectivity index is 0.00000120. The number of aromatic nitrogens is 4. The van der Waals surface area contributed by atoms with E-state index in [1.165, 1.54) is 11.9 Å². The van der Waals surface area contributed by atoms with Gasteiger partial charge in [-0.2, -0.15) is 0 Å². The highest BCUT2D eigenvalue weighted by Crippen LogP contribution is 2.15. The molecule has 3 rings (SSSR count). The van der Waals surface area contributed by atoms with Gasteiger partial charge in [-0.15, -0.1) is 12.4 Å². The molecule has 2 aromatic heterocycles. The Hall–Kier alpha value is -2.14. The third kappa shape index (κ3) is 2.41. The van der Waals surface area contributed by atoms with Gasteiger partial charge < -0.3 is 10.3 Å². The summed E-state index contributed by atoms with van der Waals surface area (Å²) in [5, 5.41) is 3.27. The van der Waals surface area contributed by atoms with E-state index in [9.17, 15) is 0 Å². The van der Waals surface area contributed by atoms with Gasteiger partial charge in [0, 0.05) is 6.54 Å². The molecule has 0 atom stereocenters. The maximum Gasteiger partial charge on any atom is 0.182 e. The molecule has 0 aliphatic carbocycles. The van der Waals surface area contributed by atoms with Crippen molar-refractivity contribution in [1.29, 1.82) is 0 Å². The number of nitrogens with one attached hydrogen (secondary N) is 2. The summed E-state index contributed by atoms with van der Waals surface area (Å²) < 4.78 is 0. The van der Waals surface area contributed by atoms with E-state index in [-0.39, 0.29) is 12.4 Å². The summed E-state index contributed by atoms with van der Waals surface area (Å²) in [6, 6.07) is 10.2. The number of aromatic amines is 1. The maximum absolute atomic E-state index is 4.20. The van der Waals surface area contributed by atoms with E-state index in [1.54, 1.807) is 6.33 Å². The lowest BCUT2D eigenvalue weighted by Gasteiger charge is -2.05. The van der Waals surface area contributed by atoms with Crippen LogP contribution >= 0.6 is 12.4 Å². The third-order valence-corrected chi connectivity index (χ3v) is 2.53. The van der Waals surface area contributed by atoms with Gasteiger partial charge in [-0.25, -0.2) is 15.0 Å². The van der Waals surface area contributed by atoms with Crippen molar-refractivity contribution in [1.82, 2.24) is 19.9 Å². The molecular weight excluding hydrogens is 250 g/mol. The zero-order chi connectivity index (χ0) is 11.5. The van der Waals surface area contributed by atoms with E-state index in [1.807, 2.05) is 18.2 Å². The molecule has 0 saturated heterocycles. The third-order valence-electron chi connectivity index (χ3n) is 2.53.